The molecule has 4 nitrogen and oxygen atoms in total. The molecule has 0 heterocycles. The summed E-state index contributed by atoms with van der Waals surface area (Å²) in [5.74, 6) is -0.244. The van der Waals surface area contributed by atoms with Crippen molar-refractivity contribution in [1.29, 1.82) is 0 Å². The molecule has 25 heavy (non-hydrogen) atoms. The Hall–Kier alpha value is -2.49. The molecule has 2 aromatic rings. The summed E-state index contributed by atoms with van der Waals surface area (Å²) in [4.78, 5) is 14.6. The molecule has 0 aliphatic heterocycles. The van der Waals surface area contributed by atoms with E-state index in [2.05, 4.69) is 12.2 Å². The smallest absolute Gasteiger partial charge is 0.333 e. The van der Waals surface area contributed by atoms with Crippen molar-refractivity contribution in [3.63, 3.8) is 0 Å². The van der Waals surface area contributed by atoms with Gasteiger partial charge in [-0.2, -0.15) is 0 Å². The van der Waals surface area contributed by atoms with Crippen molar-refractivity contribution < 1.29 is 9.53 Å². The lowest BCUT2D eigenvalue weighted by Gasteiger charge is -2.20. The lowest BCUT2D eigenvalue weighted by molar-refractivity contribution is -0.144. The fourth-order valence-corrected chi connectivity index (χ4v) is 2.46. The van der Waals surface area contributed by atoms with Crippen LogP contribution in [-0.2, 0) is 9.53 Å². The maximum absolute atomic E-state index is 12.6. The van der Waals surface area contributed by atoms with Gasteiger partial charge in [-0.15, -0.1) is 0 Å². The number of rotatable bonds is 8. The number of unbranched alkanes of at least 4 members (excludes halogenated alkanes) is 1. The molecule has 0 radical (unpaired) electrons. The Morgan fingerprint density at radius 1 is 1.08 bits per heavy atom. The standard InChI is InChI=1S/C21H28N2O2/c1-5-6-15-25-21(24)20(22-18-11-7-16(2)8-12-18)17-9-13-19(14-10-17)23(3)4/h7-14,20,22H,5-6,15H2,1-4H3/t20-/m0/s1. The Kier molecular flexibility index (Phi) is 6.87. The van der Waals surface area contributed by atoms with E-state index in [1.54, 1.807) is 0 Å². The number of hydrogen-bond donors (Lipinski definition) is 1. The van der Waals surface area contributed by atoms with Gasteiger partial charge in [-0.3, -0.25) is 0 Å². The van der Waals surface area contributed by atoms with E-state index in [1.165, 1.54) is 5.56 Å². The van der Waals surface area contributed by atoms with Gasteiger partial charge in [0.15, 0.2) is 6.04 Å². The third-order valence-electron chi connectivity index (χ3n) is 4.08. The molecule has 134 valence electrons. The Balaban J connectivity index is 2.21. The van der Waals surface area contributed by atoms with Crippen molar-refractivity contribution in [2.45, 2.75) is 32.7 Å². The summed E-state index contributed by atoms with van der Waals surface area (Å²) in [7, 11) is 3.99. The molecule has 2 rings (SSSR count). The average molecular weight is 340 g/mol. The van der Waals surface area contributed by atoms with Gasteiger partial charge in [0.2, 0.25) is 0 Å². The van der Waals surface area contributed by atoms with Gasteiger partial charge in [-0.05, 0) is 43.2 Å². The summed E-state index contributed by atoms with van der Waals surface area (Å²) in [5.41, 5.74) is 4.08. The second-order valence-corrected chi connectivity index (χ2v) is 6.45. The number of ether oxygens (including phenoxy) is 1. The van der Waals surface area contributed by atoms with Gasteiger partial charge >= 0.3 is 5.97 Å². The van der Waals surface area contributed by atoms with Crippen LogP contribution >= 0.6 is 0 Å². The quantitative estimate of drug-likeness (QED) is 0.565. The molecular formula is C21H28N2O2. The Morgan fingerprint density at radius 2 is 1.72 bits per heavy atom. The molecule has 0 amide bonds. The number of nitrogens with zero attached hydrogens (tertiary/aromatic N) is 1. The van der Waals surface area contributed by atoms with Crippen molar-refractivity contribution in [2.24, 2.45) is 0 Å². The van der Waals surface area contributed by atoms with E-state index < -0.39 is 6.04 Å². The normalized spacial score (nSPS) is 11.7. The van der Waals surface area contributed by atoms with Gasteiger partial charge in [0.1, 0.15) is 0 Å². The predicted octanol–water partition coefficient (Wildman–Crippen LogP) is 4.56. The van der Waals surface area contributed by atoms with Gasteiger partial charge in [0.05, 0.1) is 6.61 Å². The molecule has 2 aromatic carbocycles. The molecule has 0 spiro atoms. The van der Waals surface area contributed by atoms with E-state index >= 15 is 0 Å². The number of carbonyl (C=O) groups excluding carboxylic acids is 1. The fraction of sp³-hybridized carbons (Fsp3) is 0.381. The van der Waals surface area contributed by atoms with Crippen LogP contribution in [0, 0.1) is 6.92 Å². The third kappa shape index (κ3) is 5.52. The summed E-state index contributed by atoms with van der Waals surface area (Å²) in [6.45, 7) is 4.58. The van der Waals surface area contributed by atoms with E-state index in [1.807, 2.05) is 74.4 Å². The average Bonchev–Trinajstić information content (AvgIpc) is 2.61. The predicted molar refractivity (Wildman–Crippen MR) is 104 cm³/mol. The number of hydrogen-bond acceptors (Lipinski definition) is 4. The molecule has 0 bridgehead atoms. The summed E-state index contributed by atoms with van der Waals surface area (Å²) in [5, 5.41) is 3.31. The van der Waals surface area contributed by atoms with Crippen LogP contribution in [0.3, 0.4) is 0 Å². The van der Waals surface area contributed by atoms with E-state index in [0.29, 0.717) is 6.61 Å². The molecule has 0 saturated carbocycles. The molecular weight excluding hydrogens is 312 g/mol. The minimum absolute atomic E-state index is 0.244. The van der Waals surface area contributed by atoms with E-state index in [9.17, 15) is 4.79 Å². The molecule has 0 aliphatic rings. The zero-order valence-electron chi connectivity index (χ0n) is 15.6. The number of benzene rings is 2. The Bertz CT molecular complexity index is 663. The van der Waals surface area contributed by atoms with Crippen LogP contribution in [0.5, 0.6) is 0 Å². The van der Waals surface area contributed by atoms with Crippen LogP contribution in [0.25, 0.3) is 0 Å². The maximum Gasteiger partial charge on any atom is 0.333 e. The molecule has 0 aromatic heterocycles. The van der Waals surface area contributed by atoms with Crippen molar-refractivity contribution in [3.05, 3.63) is 59.7 Å². The number of carbonyl (C=O) groups is 1. The van der Waals surface area contributed by atoms with Crippen molar-refractivity contribution in [2.75, 3.05) is 30.9 Å². The molecule has 0 unspecified atom stereocenters. The van der Waals surface area contributed by atoms with Crippen LogP contribution in [0.4, 0.5) is 11.4 Å². The van der Waals surface area contributed by atoms with E-state index in [4.69, 9.17) is 4.74 Å². The number of aryl methyl sites for hydroxylation is 1. The van der Waals surface area contributed by atoms with Crippen LogP contribution in [-0.4, -0.2) is 26.7 Å². The second-order valence-electron chi connectivity index (χ2n) is 6.45. The number of esters is 1. The lowest BCUT2D eigenvalue weighted by Crippen LogP contribution is -2.24. The largest absolute Gasteiger partial charge is 0.464 e. The van der Waals surface area contributed by atoms with Crippen molar-refractivity contribution in [1.82, 2.24) is 0 Å². The van der Waals surface area contributed by atoms with E-state index in [0.717, 1.165) is 29.8 Å². The molecule has 0 aliphatic carbocycles. The van der Waals surface area contributed by atoms with Crippen LogP contribution in [0.15, 0.2) is 48.5 Å². The van der Waals surface area contributed by atoms with Crippen LogP contribution in [0.2, 0.25) is 0 Å². The fourth-order valence-electron chi connectivity index (χ4n) is 2.46. The molecule has 4 heteroatoms. The lowest BCUT2D eigenvalue weighted by atomic mass is 10.1. The summed E-state index contributed by atoms with van der Waals surface area (Å²) in [6, 6.07) is 15.5. The Morgan fingerprint density at radius 3 is 2.28 bits per heavy atom. The van der Waals surface area contributed by atoms with Gasteiger partial charge < -0.3 is 15.0 Å². The highest BCUT2D eigenvalue weighted by Gasteiger charge is 2.22. The summed E-state index contributed by atoms with van der Waals surface area (Å²) in [6.07, 6.45) is 1.88. The van der Waals surface area contributed by atoms with Gasteiger partial charge in [0, 0.05) is 25.5 Å². The first-order chi connectivity index (χ1) is 12.0. The minimum atomic E-state index is -0.518. The number of nitrogens with one attached hydrogen (secondary N) is 1. The van der Waals surface area contributed by atoms with Gasteiger partial charge in [-0.1, -0.05) is 43.2 Å². The second kappa shape index (κ2) is 9.11. The topological polar surface area (TPSA) is 41.6 Å². The first kappa shape index (κ1) is 18.8. The zero-order chi connectivity index (χ0) is 18.2. The first-order valence-electron chi connectivity index (χ1n) is 8.78. The van der Waals surface area contributed by atoms with Crippen molar-refractivity contribution in [3.8, 4) is 0 Å². The van der Waals surface area contributed by atoms with Crippen LogP contribution < -0.4 is 10.2 Å². The highest BCUT2D eigenvalue weighted by molar-refractivity contribution is 5.81. The highest BCUT2D eigenvalue weighted by atomic mass is 16.5. The summed E-state index contributed by atoms with van der Waals surface area (Å²) < 4.78 is 5.46. The monoisotopic (exact) mass is 340 g/mol. The highest BCUT2D eigenvalue weighted by Crippen LogP contribution is 2.24. The Labute approximate surface area is 150 Å². The zero-order valence-corrected chi connectivity index (χ0v) is 15.6. The van der Waals surface area contributed by atoms with Crippen LogP contribution in [0.1, 0.15) is 36.9 Å². The molecule has 1 atom stereocenters. The molecule has 0 saturated heterocycles. The van der Waals surface area contributed by atoms with Gasteiger partial charge in [0.25, 0.3) is 0 Å². The molecule has 0 fully saturated rings. The molecule has 1 N–H and O–H groups in total. The third-order valence-corrected chi connectivity index (χ3v) is 4.08. The number of anilines is 2. The van der Waals surface area contributed by atoms with Gasteiger partial charge in [-0.25, -0.2) is 4.79 Å². The SMILES string of the molecule is CCCCOC(=O)[C@@H](Nc1ccc(C)cc1)c1ccc(N(C)C)cc1. The first-order valence-corrected chi connectivity index (χ1v) is 8.78. The maximum atomic E-state index is 12.6. The minimum Gasteiger partial charge on any atom is -0.464 e. The summed E-state index contributed by atoms with van der Waals surface area (Å²) >= 11 is 0. The van der Waals surface area contributed by atoms with E-state index in [-0.39, 0.29) is 5.97 Å². The van der Waals surface area contributed by atoms with Crippen molar-refractivity contribution >= 4 is 17.3 Å².